The number of aliphatic imine (C=N–C) groups is 1. The number of anilines is 2. The van der Waals surface area contributed by atoms with E-state index in [0.717, 1.165) is 47.6 Å². The molecule has 7 rings (SSSR count). The molecule has 0 atom stereocenters. The van der Waals surface area contributed by atoms with E-state index in [0.29, 0.717) is 35.8 Å². The molecule has 1 saturated heterocycles. The van der Waals surface area contributed by atoms with Crippen LogP contribution in [0.3, 0.4) is 0 Å². The van der Waals surface area contributed by atoms with Crippen LogP contribution >= 0.6 is 0 Å². The second-order valence-corrected chi connectivity index (χ2v) is 19.4. The van der Waals surface area contributed by atoms with Crippen molar-refractivity contribution in [1.82, 2.24) is 0 Å². The summed E-state index contributed by atoms with van der Waals surface area (Å²) in [5.74, 6) is 2.74. The minimum Gasteiger partial charge on any atom is -0.661 e. The van der Waals surface area contributed by atoms with Crippen LogP contribution < -0.4 is 9.89 Å². The van der Waals surface area contributed by atoms with Crippen molar-refractivity contribution in [2.24, 2.45) is 4.99 Å². The van der Waals surface area contributed by atoms with Crippen molar-refractivity contribution in [2.45, 2.75) is 182 Å². The average Bonchev–Trinajstić information content (AvgIpc) is 3.89. The normalized spacial score (nSPS) is 16.4. The van der Waals surface area contributed by atoms with Crippen LogP contribution in [0.25, 0.3) is 10.6 Å². The first-order valence-electron chi connectivity index (χ1n) is 25.0. The van der Waals surface area contributed by atoms with Gasteiger partial charge >= 0.3 is 37.7 Å². The number of allylic oxidation sites excluding steroid dienone is 2. The molecule has 3 aliphatic rings. The summed E-state index contributed by atoms with van der Waals surface area (Å²) >= 11 is 0. The largest absolute Gasteiger partial charge is 2.00 e. The molecule has 0 bridgehead atoms. The molecule has 4 aromatic rings. The number of rotatable bonds is 12. The Hall–Kier alpha value is -3.42. The van der Waals surface area contributed by atoms with Crippen LogP contribution in [0.15, 0.2) is 114 Å². The smallest absolute Gasteiger partial charge is 0.661 e. The average molecular weight is 905 g/mol. The van der Waals surface area contributed by atoms with E-state index in [9.17, 15) is 0 Å². The van der Waals surface area contributed by atoms with Gasteiger partial charge in [0.1, 0.15) is 0 Å². The first-order valence-corrected chi connectivity index (χ1v) is 25.0. The Balaban J connectivity index is 0.000000253. The molecule has 7 heteroatoms. The van der Waals surface area contributed by atoms with E-state index >= 15 is 0 Å². The molecule has 6 nitrogen and oxygen atoms in total. The van der Waals surface area contributed by atoms with Crippen molar-refractivity contribution in [2.75, 3.05) is 18.1 Å². The van der Waals surface area contributed by atoms with Gasteiger partial charge in [-0.1, -0.05) is 209 Å². The summed E-state index contributed by atoms with van der Waals surface area (Å²) in [6.07, 6.45) is 17.4. The summed E-state index contributed by atoms with van der Waals surface area (Å²) in [5.41, 5.74) is 12.2. The molecular weight excluding hydrogens is 823 g/mol. The molecule has 0 amide bonds. The molecule has 2 aliphatic carbocycles. The van der Waals surface area contributed by atoms with Gasteiger partial charge < -0.3 is 25.3 Å². The number of para-hydroxylation sites is 4. The number of hydrogen-bond donors (Lipinski definition) is 1. The third-order valence-electron chi connectivity index (χ3n) is 12.6. The fraction of sp³-hybridized carbons (Fsp3) is 0.517. The molecule has 346 valence electrons. The maximum Gasteiger partial charge on any atom is 2.00 e. The van der Waals surface area contributed by atoms with Gasteiger partial charge in [0.2, 0.25) is 5.69 Å². The Morgan fingerprint density at radius 1 is 0.585 bits per heavy atom. The fourth-order valence-corrected chi connectivity index (χ4v) is 9.03. The minimum absolute atomic E-state index is 0. The van der Waals surface area contributed by atoms with Gasteiger partial charge in [0.05, 0.1) is 0 Å². The van der Waals surface area contributed by atoms with Crippen molar-refractivity contribution < 1.29 is 9.73 Å². The van der Waals surface area contributed by atoms with Gasteiger partial charge in [-0.3, -0.25) is 0 Å². The zero-order chi connectivity index (χ0) is 45.8. The molecule has 2 saturated carbocycles. The number of nitrogens with zero attached hydrogens (tertiary/aromatic N) is 4. The molecule has 65 heavy (non-hydrogen) atoms. The molecule has 4 aromatic carbocycles. The summed E-state index contributed by atoms with van der Waals surface area (Å²) in [7, 11) is 0. The summed E-state index contributed by atoms with van der Waals surface area (Å²) in [6.45, 7) is 24.2. The monoisotopic (exact) mass is 905 g/mol. The van der Waals surface area contributed by atoms with E-state index in [1.807, 2.05) is 0 Å². The van der Waals surface area contributed by atoms with E-state index in [1.54, 1.807) is 0 Å². The zero-order valence-corrected chi connectivity index (χ0v) is 44.3. The van der Waals surface area contributed by atoms with E-state index in [1.165, 1.54) is 105 Å². The van der Waals surface area contributed by atoms with Crippen molar-refractivity contribution in [1.29, 1.82) is 0 Å². The topological polar surface area (TPSA) is 67.0 Å². The molecule has 1 heterocycles. The second kappa shape index (κ2) is 28.7. The molecule has 0 unspecified atom stereocenters. The third-order valence-corrected chi connectivity index (χ3v) is 12.6. The maximum absolute atomic E-state index is 5.26. The maximum atomic E-state index is 5.26. The summed E-state index contributed by atoms with van der Waals surface area (Å²) in [6, 6.07) is 35.3. The molecule has 0 spiro atoms. The Morgan fingerprint density at radius 3 is 1.46 bits per heavy atom. The van der Waals surface area contributed by atoms with Crippen LogP contribution in [0.4, 0.5) is 22.7 Å². The van der Waals surface area contributed by atoms with Gasteiger partial charge in [0.25, 0.3) is 0 Å². The number of ether oxygens (including phenoxy) is 1. The quantitative estimate of drug-likeness (QED) is 0.0874. The molecular formula is C58H82CaN5O+. The first-order chi connectivity index (χ1) is 30.9. The van der Waals surface area contributed by atoms with Gasteiger partial charge in [0.15, 0.2) is 5.71 Å². The van der Waals surface area contributed by atoms with Gasteiger partial charge in [-0.05, 0) is 91.7 Å². The zero-order valence-electron chi connectivity index (χ0n) is 42.1. The Labute approximate surface area is 425 Å². The van der Waals surface area contributed by atoms with Crippen LogP contribution in [-0.4, -0.2) is 74.7 Å². The van der Waals surface area contributed by atoms with Crippen molar-refractivity contribution >= 4 is 72.2 Å². The van der Waals surface area contributed by atoms with Gasteiger partial charge in [-0.15, -0.1) is 5.69 Å². The van der Waals surface area contributed by atoms with Crippen LogP contribution in [0.5, 0.6) is 0 Å². The first kappa shape index (κ1) is 54.2. The predicted octanol–water partition coefficient (Wildman–Crippen LogP) is 15.6. The van der Waals surface area contributed by atoms with E-state index in [-0.39, 0.29) is 37.7 Å². The van der Waals surface area contributed by atoms with Gasteiger partial charge in [-0.25, -0.2) is 4.99 Å². The number of guanidine groups is 1. The predicted molar refractivity (Wildman–Crippen MR) is 283 cm³/mol. The third kappa shape index (κ3) is 17.3. The van der Waals surface area contributed by atoms with Crippen molar-refractivity contribution in [3.05, 3.63) is 142 Å². The Bertz CT molecular complexity index is 1960. The van der Waals surface area contributed by atoms with E-state index in [2.05, 4.69) is 182 Å². The Morgan fingerprint density at radius 2 is 1.03 bits per heavy atom. The summed E-state index contributed by atoms with van der Waals surface area (Å²) < 4.78 is 4.94. The van der Waals surface area contributed by atoms with Crippen molar-refractivity contribution in [3.63, 3.8) is 0 Å². The van der Waals surface area contributed by atoms with Crippen molar-refractivity contribution in [3.8, 4) is 0 Å². The van der Waals surface area contributed by atoms with Crippen LogP contribution in [-0.2, 0) is 4.74 Å². The number of benzene rings is 4. The number of nitrogens with one attached hydrogen (secondary N) is 1. The van der Waals surface area contributed by atoms with Crippen LogP contribution in [0, 0.1) is 0 Å². The standard InChI is InChI=1S/C29H41N2.C25H32N3.C4H8O.Ca/c1-18(2)24-13-11-14-25(19(3)4)28(24)30-22(9)17-23(10)31-29-26(20(5)6)15-12-16-27(29)21(7)8;1-5-13-21(14-6-1)26-25(27-22-15-7-2-8-16-22)28(23-17-9-3-10-18-23)24-19-11-4-12-20-24;1-2-4-5-3-1;/h11-21H,1-10H3;3-4,9-12,17-22H,1-2,5-8,13-16H2;1-4H2;/q2*-1;;+2/p+1/b22-17-,31-23?;;;. The van der Waals surface area contributed by atoms with Gasteiger partial charge in [-0.2, -0.15) is 5.70 Å². The van der Waals surface area contributed by atoms with Crippen LogP contribution in [0.2, 0.25) is 0 Å². The van der Waals surface area contributed by atoms with E-state index < -0.39 is 0 Å². The van der Waals surface area contributed by atoms with Gasteiger partial charge in [0, 0.05) is 37.2 Å². The molecule has 1 N–H and O–H groups in total. The minimum atomic E-state index is 0. The summed E-state index contributed by atoms with van der Waals surface area (Å²) in [5, 5.41) is 10.4. The van der Waals surface area contributed by atoms with Crippen LogP contribution in [0.1, 0.15) is 192 Å². The molecule has 3 fully saturated rings. The number of hydrogen-bond acceptors (Lipinski definition) is 2. The SMILES string of the molecule is C1CCOC1.CC(/C=C(/C)[N-]c1c(C(C)C)cccc1C(C)C)=[NH+]c1c(C(C)C)cccc1C(C)C.[Ca+2].c1ccc(N(C(=NC2CCCCC2)[N-]C2CCCCC2)c2ccccc2)cc1. The molecule has 1 aliphatic heterocycles. The second-order valence-electron chi connectivity index (χ2n) is 19.4. The Kier molecular flexibility index (Phi) is 23.9. The fourth-order valence-electron chi connectivity index (χ4n) is 9.03. The molecule has 0 aromatic heterocycles. The molecule has 0 radical (unpaired) electrons. The summed E-state index contributed by atoms with van der Waals surface area (Å²) in [4.78, 5) is 11.2. The van der Waals surface area contributed by atoms with E-state index in [4.69, 9.17) is 20.4 Å².